The summed E-state index contributed by atoms with van der Waals surface area (Å²) in [7, 11) is -3.80. The molecule has 0 aliphatic carbocycles. The van der Waals surface area contributed by atoms with Crippen LogP contribution in [0.1, 0.15) is 49.8 Å². The lowest BCUT2D eigenvalue weighted by Crippen LogP contribution is -2.28. The van der Waals surface area contributed by atoms with Gasteiger partial charge < -0.3 is 19.3 Å². The largest absolute Gasteiger partial charge is 0.493 e. The van der Waals surface area contributed by atoms with E-state index in [1.165, 1.54) is 0 Å². The molecule has 0 radical (unpaired) electrons. The van der Waals surface area contributed by atoms with E-state index < -0.39 is 20.9 Å². The fraction of sp³-hybridized carbons (Fsp3) is 0.286. The van der Waals surface area contributed by atoms with Crippen molar-refractivity contribution < 1.29 is 32.5 Å². The lowest BCUT2D eigenvalue weighted by atomic mass is 9.95. The number of aliphatic carboxylic acids is 1. The molecule has 0 fully saturated rings. The Balaban J connectivity index is 1.35. The van der Waals surface area contributed by atoms with Crippen molar-refractivity contribution in [3.8, 4) is 23.0 Å². The summed E-state index contributed by atoms with van der Waals surface area (Å²) in [5.41, 5.74) is 2.79. The van der Waals surface area contributed by atoms with Crippen LogP contribution >= 0.6 is 11.6 Å². The molecule has 1 atom stereocenters. The monoisotopic (exact) mass is 651 g/mol. The Hall–Kier alpha value is -4.21. The number of hydrogen-bond donors (Lipinski definition) is 2. The van der Waals surface area contributed by atoms with E-state index in [4.69, 9.17) is 25.8 Å². The third kappa shape index (κ3) is 8.71. The zero-order valence-corrected chi connectivity index (χ0v) is 27.2. The molecule has 4 aromatic rings. The highest BCUT2D eigenvalue weighted by Gasteiger charge is 2.36. The van der Waals surface area contributed by atoms with Gasteiger partial charge in [0.1, 0.15) is 17.2 Å². The highest BCUT2D eigenvalue weighted by atomic mass is 35.5. The van der Waals surface area contributed by atoms with Gasteiger partial charge in [0.05, 0.1) is 23.8 Å². The molecule has 0 saturated carbocycles. The highest BCUT2D eigenvalue weighted by Crippen LogP contribution is 2.35. The van der Waals surface area contributed by atoms with Crippen LogP contribution in [0.5, 0.6) is 23.0 Å². The predicted molar refractivity (Wildman–Crippen MR) is 176 cm³/mol. The first kappa shape index (κ1) is 33.7. The van der Waals surface area contributed by atoms with E-state index in [1.54, 1.807) is 85.8 Å². The van der Waals surface area contributed by atoms with Gasteiger partial charge in [-0.3, -0.25) is 4.72 Å². The molecule has 0 aliphatic rings. The maximum Gasteiger partial charge on any atom is 0.329 e. The number of ether oxygens (including phenoxy) is 3. The van der Waals surface area contributed by atoms with E-state index in [0.717, 1.165) is 29.7 Å². The molecule has 1 unspecified atom stereocenters. The van der Waals surface area contributed by atoms with Crippen molar-refractivity contribution in [2.24, 2.45) is 0 Å². The van der Waals surface area contributed by atoms with Crippen LogP contribution < -0.4 is 18.9 Å². The van der Waals surface area contributed by atoms with Crippen molar-refractivity contribution in [3.05, 3.63) is 108 Å². The molecule has 0 aliphatic heterocycles. The van der Waals surface area contributed by atoms with Crippen LogP contribution in [0.15, 0.2) is 95.9 Å². The number of carbonyl (C=O) groups is 1. The summed E-state index contributed by atoms with van der Waals surface area (Å²) in [5.74, 6) is 1.23. The summed E-state index contributed by atoms with van der Waals surface area (Å²) >= 11 is 6.29. The predicted octanol–water partition coefficient (Wildman–Crippen LogP) is 8.32. The molecule has 10 heteroatoms. The first-order valence-corrected chi connectivity index (χ1v) is 16.7. The molecule has 0 bridgehead atoms. The number of nitrogens with one attached hydrogen (secondary N) is 1. The van der Waals surface area contributed by atoms with E-state index in [-0.39, 0.29) is 11.3 Å². The summed E-state index contributed by atoms with van der Waals surface area (Å²) < 4.78 is 46.7. The average molecular weight is 652 g/mol. The second-order valence-electron chi connectivity index (χ2n) is 10.6. The third-order valence-corrected chi connectivity index (χ3v) is 9.22. The highest BCUT2D eigenvalue weighted by molar-refractivity contribution is 7.92. The molecule has 0 saturated heterocycles. The Morgan fingerprint density at radius 3 is 2.20 bits per heavy atom. The minimum atomic E-state index is -3.80. The zero-order chi connectivity index (χ0) is 32.5. The normalized spacial score (nSPS) is 12.6. The minimum absolute atomic E-state index is 0.169. The van der Waals surface area contributed by atoms with Gasteiger partial charge in [-0.15, -0.1) is 11.6 Å². The number of halogens is 1. The topological polar surface area (TPSA) is 111 Å². The molecule has 8 nitrogen and oxygen atoms in total. The van der Waals surface area contributed by atoms with Crippen LogP contribution in [0.25, 0.3) is 0 Å². The van der Waals surface area contributed by atoms with E-state index in [2.05, 4.69) is 11.6 Å². The Morgan fingerprint density at radius 2 is 1.53 bits per heavy atom. The summed E-state index contributed by atoms with van der Waals surface area (Å²) in [6.45, 7) is 6.56. The van der Waals surface area contributed by atoms with Crippen molar-refractivity contribution >= 4 is 33.3 Å². The molecular weight excluding hydrogens is 614 g/mol. The summed E-state index contributed by atoms with van der Waals surface area (Å²) in [6.07, 6.45) is 2.56. The second kappa shape index (κ2) is 15.2. The smallest absolute Gasteiger partial charge is 0.329 e. The SMILES string of the molecule is CCCc1cc(Oc2ccccc2NS(=O)(=O)c2ccc(C)cc2)ccc1OCCCOc1ccc(C(Cl)(CC)C(=O)O)cc1. The van der Waals surface area contributed by atoms with Crippen molar-refractivity contribution in [1.82, 2.24) is 0 Å². The number of rotatable bonds is 16. The number of benzene rings is 4. The third-order valence-electron chi connectivity index (χ3n) is 7.19. The summed E-state index contributed by atoms with van der Waals surface area (Å²) in [4.78, 5) is 10.3. The molecule has 0 amide bonds. The van der Waals surface area contributed by atoms with E-state index >= 15 is 0 Å². The standard InChI is InChI=1S/C35H38ClNO7S/c1-4-9-26-24-29(44-33-11-7-6-10-31(33)37-45(40,41)30-19-12-25(3)13-20-30)18-21-32(26)43-23-8-22-42-28-16-14-27(15-17-28)35(36,5-2)34(38)39/h6-7,10-21,24,37H,4-5,8-9,22-23H2,1-3H3,(H,38,39). The van der Waals surface area contributed by atoms with E-state index in [0.29, 0.717) is 48.1 Å². The van der Waals surface area contributed by atoms with Crippen LogP contribution in [0.3, 0.4) is 0 Å². The zero-order valence-electron chi connectivity index (χ0n) is 25.6. The van der Waals surface area contributed by atoms with Gasteiger partial charge in [-0.05, 0) is 85.5 Å². The molecule has 45 heavy (non-hydrogen) atoms. The van der Waals surface area contributed by atoms with Crippen molar-refractivity contribution in [2.45, 2.75) is 56.2 Å². The first-order chi connectivity index (χ1) is 21.6. The Labute approximate surface area is 270 Å². The van der Waals surface area contributed by atoms with E-state index in [9.17, 15) is 18.3 Å². The fourth-order valence-corrected chi connectivity index (χ4v) is 5.83. The lowest BCUT2D eigenvalue weighted by molar-refractivity contribution is -0.140. The molecular formula is C35H38ClNO7S. The number of hydrogen-bond acceptors (Lipinski definition) is 6. The Kier molecular flexibility index (Phi) is 11.4. The van der Waals surface area contributed by atoms with Crippen LogP contribution in [0, 0.1) is 6.92 Å². The number of carboxylic acids is 1. The molecule has 0 spiro atoms. The van der Waals surface area contributed by atoms with Gasteiger partial charge in [-0.25, -0.2) is 13.2 Å². The number of carboxylic acid groups (broad SMARTS) is 1. The van der Waals surface area contributed by atoms with Crippen LogP contribution in [0.2, 0.25) is 0 Å². The number of alkyl halides is 1. The molecule has 4 aromatic carbocycles. The lowest BCUT2D eigenvalue weighted by Gasteiger charge is -2.21. The quantitative estimate of drug-likeness (QED) is 0.0925. The molecule has 2 N–H and O–H groups in total. The number of aryl methyl sites for hydroxylation is 2. The Bertz CT molecular complexity index is 1690. The first-order valence-electron chi connectivity index (χ1n) is 14.8. The summed E-state index contributed by atoms with van der Waals surface area (Å²) in [6, 6.07) is 25.9. The van der Waals surface area contributed by atoms with Gasteiger partial charge in [0, 0.05) is 6.42 Å². The van der Waals surface area contributed by atoms with Crippen LogP contribution in [-0.4, -0.2) is 32.7 Å². The maximum atomic E-state index is 13.0. The summed E-state index contributed by atoms with van der Waals surface area (Å²) in [5, 5.41) is 9.47. The molecule has 0 heterocycles. The maximum absolute atomic E-state index is 13.0. The van der Waals surface area contributed by atoms with Crippen LogP contribution in [-0.2, 0) is 26.1 Å². The number of para-hydroxylation sites is 2. The minimum Gasteiger partial charge on any atom is -0.493 e. The number of anilines is 1. The van der Waals surface area contributed by atoms with Crippen molar-refractivity contribution in [3.63, 3.8) is 0 Å². The van der Waals surface area contributed by atoms with Gasteiger partial charge in [0.2, 0.25) is 0 Å². The van der Waals surface area contributed by atoms with Gasteiger partial charge in [-0.2, -0.15) is 0 Å². The van der Waals surface area contributed by atoms with Crippen molar-refractivity contribution in [2.75, 3.05) is 17.9 Å². The van der Waals surface area contributed by atoms with Gasteiger partial charge in [0.15, 0.2) is 10.6 Å². The van der Waals surface area contributed by atoms with Gasteiger partial charge in [0.25, 0.3) is 10.0 Å². The average Bonchev–Trinajstić information content (AvgIpc) is 3.03. The molecule has 238 valence electrons. The fourth-order valence-electron chi connectivity index (χ4n) is 4.64. The Morgan fingerprint density at radius 1 is 0.867 bits per heavy atom. The van der Waals surface area contributed by atoms with Crippen LogP contribution in [0.4, 0.5) is 5.69 Å². The van der Waals surface area contributed by atoms with Gasteiger partial charge in [-0.1, -0.05) is 62.2 Å². The molecule has 0 aromatic heterocycles. The van der Waals surface area contributed by atoms with E-state index in [1.807, 2.05) is 19.1 Å². The molecule has 4 rings (SSSR count). The van der Waals surface area contributed by atoms with Gasteiger partial charge >= 0.3 is 5.97 Å². The van der Waals surface area contributed by atoms with Crippen molar-refractivity contribution in [1.29, 1.82) is 0 Å². The number of sulfonamides is 1. The second-order valence-corrected chi connectivity index (χ2v) is 12.9.